The first-order chi connectivity index (χ1) is 11.2. The van der Waals surface area contributed by atoms with E-state index in [9.17, 15) is 8.78 Å². The third-order valence-corrected chi connectivity index (χ3v) is 5.48. The second kappa shape index (κ2) is 9.39. The van der Waals surface area contributed by atoms with Crippen LogP contribution in [0.4, 0.5) is 8.78 Å². The van der Waals surface area contributed by atoms with E-state index in [0.29, 0.717) is 12.3 Å². The summed E-state index contributed by atoms with van der Waals surface area (Å²) in [4.78, 5) is 0. The van der Waals surface area contributed by atoms with Crippen molar-refractivity contribution < 1.29 is 8.78 Å². The first-order valence-electron chi connectivity index (χ1n) is 9.63. The highest BCUT2D eigenvalue weighted by Crippen LogP contribution is 2.38. The van der Waals surface area contributed by atoms with Crippen molar-refractivity contribution in [3.05, 3.63) is 34.9 Å². The number of hydrogen-bond donors (Lipinski definition) is 0. The van der Waals surface area contributed by atoms with E-state index in [1.165, 1.54) is 38.5 Å². The van der Waals surface area contributed by atoms with E-state index in [1.807, 2.05) is 6.92 Å². The summed E-state index contributed by atoms with van der Waals surface area (Å²) in [5.41, 5.74) is 1.16. The highest BCUT2D eigenvalue weighted by Gasteiger charge is 2.23. The minimum atomic E-state index is -0.335. The van der Waals surface area contributed by atoms with Gasteiger partial charge in [-0.2, -0.15) is 0 Å². The Hall–Kier alpha value is -0.920. The van der Waals surface area contributed by atoms with Gasteiger partial charge in [-0.25, -0.2) is 8.78 Å². The van der Waals surface area contributed by atoms with Gasteiger partial charge in [-0.15, -0.1) is 0 Å². The van der Waals surface area contributed by atoms with Crippen molar-refractivity contribution in [3.63, 3.8) is 0 Å². The maximum Gasteiger partial charge on any atom is 0.129 e. The van der Waals surface area contributed by atoms with Gasteiger partial charge in [0.25, 0.3) is 0 Å². The highest BCUT2D eigenvalue weighted by molar-refractivity contribution is 5.29. The Labute approximate surface area is 140 Å². The second-order valence-corrected chi connectivity index (χ2v) is 7.28. The topological polar surface area (TPSA) is 0 Å². The molecular formula is C21H32F2. The molecule has 1 fully saturated rings. The zero-order valence-corrected chi connectivity index (χ0v) is 14.8. The van der Waals surface area contributed by atoms with Gasteiger partial charge in [0.15, 0.2) is 0 Å². The van der Waals surface area contributed by atoms with Crippen LogP contribution in [0.5, 0.6) is 0 Å². The van der Waals surface area contributed by atoms with Gasteiger partial charge >= 0.3 is 0 Å². The smallest absolute Gasteiger partial charge is 0.129 e. The lowest BCUT2D eigenvalue weighted by atomic mass is 9.77. The standard InChI is InChI=1S/C21H32F2/c1-3-5-7-8-16-10-12-17(13-11-16)18-14-20(22)19(9-6-4-2)21(23)15-18/h14-17H,3-13H2,1-2H3/t16-,17-. The van der Waals surface area contributed by atoms with Gasteiger partial charge in [-0.3, -0.25) is 0 Å². The molecule has 2 rings (SSSR count). The predicted octanol–water partition coefficient (Wildman–Crippen LogP) is 7.16. The van der Waals surface area contributed by atoms with E-state index >= 15 is 0 Å². The average Bonchev–Trinajstić information content (AvgIpc) is 2.55. The molecular weight excluding hydrogens is 290 g/mol. The van der Waals surface area contributed by atoms with Crippen molar-refractivity contribution in [2.75, 3.05) is 0 Å². The van der Waals surface area contributed by atoms with Crippen molar-refractivity contribution in [1.82, 2.24) is 0 Å². The van der Waals surface area contributed by atoms with Crippen LogP contribution in [0.25, 0.3) is 0 Å². The number of unbranched alkanes of at least 4 members (excludes halogenated alkanes) is 3. The number of hydrogen-bond acceptors (Lipinski definition) is 0. The van der Waals surface area contributed by atoms with Gasteiger partial charge in [0.05, 0.1) is 0 Å². The van der Waals surface area contributed by atoms with Gasteiger partial charge in [0.1, 0.15) is 11.6 Å². The monoisotopic (exact) mass is 322 g/mol. The summed E-state index contributed by atoms with van der Waals surface area (Å²) in [6, 6.07) is 3.21. The summed E-state index contributed by atoms with van der Waals surface area (Å²) in [5.74, 6) is 0.509. The summed E-state index contributed by atoms with van der Waals surface area (Å²) in [6.07, 6.45) is 12.2. The van der Waals surface area contributed by atoms with Crippen LogP contribution in [-0.2, 0) is 6.42 Å². The molecule has 0 saturated heterocycles. The van der Waals surface area contributed by atoms with Crippen molar-refractivity contribution in [3.8, 4) is 0 Å². The molecule has 0 aliphatic heterocycles. The molecule has 0 spiro atoms. The molecule has 0 N–H and O–H groups in total. The van der Waals surface area contributed by atoms with Crippen LogP contribution >= 0.6 is 0 Å². The van der Waals surface area contributed by atoms with Gasteiger partial charge in [-0.05, 0) is 68.1 Å². The maximum atomic E-state index is 14.2. The number of rotatable bonds is 8. The Kier molecular flexibility index (Phi) is 7.52. The Morgan fingerprint density at radius 3 is 2.04 bits per heavy atom. The summed E-state index contributed by atoms with van der Waals surface area (Å²) in [5, 5.41) is 0. The summed E-state index contributed by atoms with van der Waals surface area (Å²) < 4.78 is 28.5. The van der Waals surface area contributed by atoms with Crippen LogP contribution < -0.4 is 0 Å². The highest BCUT2D eigenvalue weighted by atomic mass is 19.1. The Balaban J connectivity index is 1.93. The molecule has 0 heterocycles. The van der Waals surface area contributed by atoms with Crippen molar-refractivity contribution in [2.24, 2.45) is 5.92 Å². The normalized spacial score (nSPS) is 21.6. The third-order valence-electron chi connectivity index (χ3n) is 5.48. The molecule has 0 bridgehead atoms. The zero-order valence-electron chi connectivity index (χ0n) is 14.8. The lowest BCUT2D eigenvalue weighted by Crippen LogP contribution is -2.14. The Bertz CT molecular complexity index is 450. The largest absolute Gasteiger partial charge is 0.207 e. The molecule has 0 nitrogen and oxygen atoms in total. The second-order valence-electron chi connectivity index (χ2n) is 7.28. The fraction of sp³-hybridized carbons (Fsp3) is 0.714. The lowest BCUT2D eigenvalue weighted by molar-refractivity contribution is 0.302. The first-order valence-corrected chi connectivity index (χ1v) is 9.63. The van der Waals surface area contributed by atoms with E-state index < -0.39 is 0 Å². The SMILES string of the molecule is CCCCC[C@H]1CC[C@H](c2cc(F)c(CCCC)c(F)c2)CC1. The number of halogens is 2. The molecule has 0 radical (unpaired) electrons. The molecule has 1 saturated carbocycles. The average molecular weight is 322 g/mol. The van der Waals surface area contributed by atoms with Crippen LogP contribution in [-0.4, -0.2) is 0 Å². The van der Waals surface area contributed by atoms with E-state index in [0.717, 1.165) is 37.2 Å². The molecule has 1 aromatic rings. The van der Waals surface area contributed by atoms with Crippen molar-refractivity contribution >= 4 is 0 Å². The minimum Gasteiger partial charge on any atom is -0.207 e. The maximum absolute atomic E-state index is 14.2. The Morgan fingerprint density at radius 1 is 0.870 bits per heavy atom. The van der Waals surface area contributed by atoms with Gasteiger partial charge < -0.3 is 0 Å². The third kappa shape index (κ3) is 5.29. The van der Waals surface area contributed by atoms with E-state index in [4.69, 9.17) is 0 Å². The van der Waals surface area contributed by atoms with Gasteiger partial charge in [0.2, 0.25) is 0 Å². The molecule has 1 aliphatic carbocycles. The fourth-order valence-electron chi connectivity index (χ4n) is 3.92. The quantitative estimate of drug-likeness (QED) is 0.445. The van der Waals surface area contributed by atoms with E-state index in [1.54, 1.807) is 12.1 Å². The van der Waals surface area contributed by atoms with Crippen LogP contribution in [0, 0.1) is 17.6 Å². The van der Waals surface area contributed by atoms with Crippen molar-refractivity contribution in [1.29, 1.82) is 0 Å². The van der Waals surface area contributed by atoms with Crippen LogP contribution in [0.3, 0.4) is 0 Å². The van der Waals surface area contributed by atoms with E-state index in [2.05, 4.69) is 6.92 Å². The van der Waals surface area contributed by atoms with Gasteiger partial charge in [0, 0.05) is 5.56 Å². The molecule has 23 heavy (non-hydrogen) atoms. The molecule has 1 aliphatic rings. The molecule has 0 unspecified atom stereocenters. The minimum absolute atomic E-state index is 0.281. The fourth-order valence-corrected chi connectivity index (χ4v) is 3.92. The molecule has 2 heteroatoms. The van der Waals surface area contributed by atoms with Gasteiger partial charge in [-0.1, -0.05) is 46.0 Å². The van der Waals surface area contributed by atoms with E-state index in [-0.39, 0.29) is 17.2 Å². The number of benzene rings is 1. The van der Waals surface area contributed by atoms with Crippen LogP contribution in [0.15, 0.2) is 12.1 Å². The molecule has 0 aromatic heterocycles. The zero-order chi connectivity index (χ0) is 16.7. The van der Waals surface area contributed by atoms with Crippen LogP contribution in [0.2, 0.25) is 0 Å². The van der Waals surface area contributed by atoms with Crippen LogP contribution in [0.1, 0.15) is 95.1 Å². The predicted molar refractivity (Wildman–Crippen MR) is 93.8 cm³/mol. The molecule has 1 aromatic carbocycles. The van der Waals surface area contributed by atoms with Crippen molar-refractivity contribution in [2.45, 2.75) is 90.4 Å². The lowest BCUT2D eigenvalue weighted by Gasteiger charge is -2.29. The first kappa shape index (κ1) is 18.4. The summed E-state index contributed by atoms with van der Waals surface area (Å²) in [6.45, 7) is 4.29. The molecule has 0 amide bonds. The summed E-state index contributed by atoms with van der Waals surface area (Å²) in [7, 11) is 0. The summed E-state index contributed by atoms with van der Waals surface area (Å²) >= 11 is 0. The molecule has 0 atom stereocenters. The Morgan fingerprint density at radius 2 is 1.48 bits per heavy atom. The molecule has 130 valence electrons.